The third kappa shape index (κ3) is 3.19. The van der Waals surface area contributed by atoms with Crippen LogP contribution in [0.15, 0.2) is 0 Å². The maximum absolute atomic E-state index is 10.7. The molecule has 0 aromatic carbocycles. The van der Waals surface area contributed by atoms with E-state index < -0.39 is 7.60 Å². The number of hydrogen-bond acceptors (Lipinski definition) is 3. The highest BCUT2D eigenvalue weighted by Gasteiger charge is 2.18. The Labute approximate surface area is 80.8 Å². The minimum atomic E-state index is -3.97. The lowest BCUT2D eigenvalue weighted by Crippen LogP contribution is -1.90. The van der Waals surface area contributed by atoms with E-state index in [2.05, 4.69) is 4.98 Å². The molecule has 0 unspecified atom stereocenters. The van der Waals surface area contributed by atoms with E-state index in [4.69, 9.17) is 9.79 Å². The van der Waals surface area contributed by atoms with Crippen LogP contribution < -0.4 is 0 Å². The molecule has 0 amide bonds. The molecule has 0 radical (unpaired) electrons. The third-order valence-corrected chi connectivity index (χ3v) is 3.46. The molecule has 0 aliphatic carbocycles. The Kier molecular flexibility index (Phi) is 3.24. The van der Waals surface area contributed by atoms with Crippen LogP contribution in [0.3, 0.4) is 0 Å². The lowest BCUT2D eigenvalue weighted by atomic mass is 10.4. The highest BCUT2D eigenvalue weighted by atomic mass is 32.1. The van der Waals surface area contributed by atoms with Crippen LogP contribution in [-0.2, 0) is 17.1 Å². The summed E-state index contributed by atoms with van der Waals surface area (Å²) >= 11 is 1.50. The molecule has 0 spiro atoms. The molecule has 4 nitrogen and oxygen atoms in total. The van der Waals surface area contributed by atoms with Crippen molar-refractivity contribution in [3.63, 3.8) is 0 Å². The van der Waals surface area contributed by atoms with Gasteiger partial charge in [0, 0.05) is 4.88 Å². The maximum Gasteiger partial charge on any atom is 0.331 e. The fourth-order valence-corrected chi connectivity index (χ4v) is 2.67. The molecule has 13 heavy (non-hydrogen) atoms. The minimum Gasteiger partial charge on any atom is -0.324 e. The van der Waals surface area contributed by atoms with Gasteiger partial charge < -0.3 is 9.79 Å². The zero-order valence-corrected chi connectivity index (χ0v) is 9.23. The van der Waals surface area contributed by atoms with Gasteiger partial charge in [0.1, 0.15) is 0 Å². The molecular weight excluding hydrogens is 209 g/mol. The molecule has 1 rings (SSSR count). The monoisotopic (exact) mass is 221 g/mol. The lowest BCUT2D eigenvalue weighted by molar-refractivity contribution is 0.371. The zero-order valence-electron chi connectivity index (χ0n) is 7.52. The Hall–Kier alpha value is -0.220. The first-order valence-electron chi connectivity index (χ1n) is 3.92. The normalized spacial score (nSPS) is 12.0. The van der Waals surface area contributed by atoms with Crippen LogP contribution in [0, 0.1) is 6.92 Å². The van der Waals surface area contributed by atoms with Crippen molar-refractivity contribution in [3.05, 3.63) is 15.6 Å². The number of rotatable bonds is 3. The Bertz CT molecular complexity index is 344. The van der Waals surface area contributed by atoms with Gasteiger partial charge in [-0.15, -0.1) is 11.3 Å². The number of aryl methyl sites for hydroxylation is 2. The molecule has 0 bridgehead atoms. The average Bonchev–Trinajstić information content (AvgIpc) is 2.29. The molecule has 1 aromatic heterocycles. The van der Waals surface area contributed by atoms with Crippen LogP contribution in [0.25, 0.3) is 0 Å². The van der Waals surface area contributed by atoms with Crippen LogP contribution in [-0.4, -0.2) is 14.8 Å². The van der Waals surface area contributed by atoms with Gasteiger partial charge >= 0.3 is 7.60 Å². The summed E-state index contributed by atoms with van der Waals surface area (Å²) in [5.74, 6) is 0. The van der Waals surface area contributed by atoms with E-state index in [9.17, 15) is 4.57 Å². The van der Waals surface area contributed by atoms with E-state index in [1.54, 1.807) is 0 Å². The molecule has 0 saturated heterocycles. The smallest absolute Gasteiger partial charge is 0.324 e. The number of aromatic nitrogens is 1. The highest BCUT2D eigenvalue weighted by Crippen LogP contribution is 2.40. The van der Waals surface area contributed by atoms with E-state index >= 15 is 0 Å². The van der Waals surface area contributed by atoms with Crippen molar-refractivity contribution in [2.45, 2.75) is 26.4 Å². The van der Waals surface area contributed by atoms with Crippen molar-refractivity contribution in [3.8, 4) is 0 Å². The topological polar surface area (TPSA) is 70.4 Å². The molecule has 6 heteroatoms. The molecule has 0 atom stereocenters. The third-order valence-electron chi connectivity index (χ3n) is 1.60. The van der Waals surface area contributed by atoms with E-state index in [1.165, 1.54) is 11.3 Å². The van der Waals surface area contributed by atoms with Crippen molar-refractivity contribution in [1.29, 1.82) is 0 Å². The largest absolute Gasteiger partial charge is 0.331 e. The Morgan fingerprint density at radius 3 is 2.54 bits per heavy atom. The first-order chi connectivity index (χ1) is 5.92. The van der Waals surface area contributed by atoms with Gasteiger partial charge in [0.15, 0.2) is 0 Å². The first-order valence-corrected chi connectivity index (χ1v) is 6.53. The van der Waals surface area contributed by atoms with Gasteiger partial charge in [-0.2, -0.15) is 0 Å². The molecular formula is C7H12NO3PS. The van der Waals surface area contributed by atoms with Gasteiger partial charge in [0.25, 0.3) is 0 Å². The molecule has 0 fully saturated rings. The summed E-state index contributed by atoms with van der Waals surface area (Å²) in [6, 6.07) is 0. The van der Waals surface area contributed by atoms with Gasteiger partial charge in [0.2, 0.25) is 0 Å². The van der Waals surface area contributed by atoms with Gasteiger partial charge in [-0.05, 0) is 13.3 Å². The molecule has 74 valence electrons. The standard InChI is InChI=1S/C7H12NO3PS/c1-3-7-8-6(5(2)13-7)4-12(9,10)11/h3-4H2,1-2H3,(H2,9,10,11). The maximum atomic E-state index is 10.7. The second-order valence-corrected chi connectivity index (χ2v) is 5.72. The summed E-state index contributed by atoms with van der Waals surface area (Å²) in [5.41, 5.74) is 0.537. The molecule has 0 aliphatic rings. The quantitative estimate of drug-likeness (QED) is 0.762. The van der Waals surface area contributed by atoms with Crippen LogP contribution in [0.4, 0.5) is 0 Å². The highest BCUT2D eigenvalue weighted by molar-refractivity contribution is 7.50. The molecule has 0 saturated carbocycles. The summed E-state index contributed by atoms with van der Waals surface area (Å²) in [6.45, 7) is 3.81. The SMILES string of the molecule is CCc1nc(CP(=O)(O)O)c(C)s1. The Morgan fingerprint density at radius 1 is 1.54 bits per heavy atom. The van der Waals surface area contributed by atoms with Crippen LogP contribution >= 0.6 is 18.9 Å². The van der Waals surface area contributed by atoms with Crippen molar-refractivity contribution in [2.75, 3.05) is 0 Å². The fourth-order valence-electron chi connectivity index (χ4n) is 0.981. The minimum absolute atomic E-state index is 0.241. The van der Waals surface area contributed by atoms with E-state index in [0.717, 1.165) is 16.3 Å². The van der Waals surface area contributed by atoms with Crippen LogP contribution in [0.2, 0.25) is 0 Å². The lowest BCUT2D eigenvalue weighted by Gasteiger charge is -2.00. The van der Waals surface area contributed by atoms with Crippen molar-refractivity contribution in [1.82, 2.24) is 4.98 Å². The van der Waals surface area contributed by atoms with Gasteiger partial charge in [-0.25, -0.2) is 4.98 Å². The number of nitrogens with zero attached hydrogens (tertiary/aromatic N) is 1. The van der Waals surface area contributed by atoms with Crippen LogP contribution in [0.1, 0.15) is 22.5 Å². The van der Waals surface area contributed by atoms with E-state index in [-0.39, 0.29) is 6.16 Å². The predicted octanol–water partition coefficient (Wildman–Crippen LogP) is 1.69. The molecule has 2 N–H and O–H groups in total. The van der Waals surface area contributed by atoms with Crippen molar-refractivity contribution < 1.29 is 14.4 Å². The Morgan fingerprint density at radius 2 is 2.15 bits per heavy atom. The number of thiazole rings is 1. The number of hydrogen-bond donors (Lipinski definition) is 2. The molecule has 1 aromatic rings. The van der Waals surface area contributed by atoms with Gasteiger partial charge in [0.05, 0.1) is 16.9 Å². The van der Waals surface area contributed by atoms with Crippen LogP contribution in [0.5, 0.6) is 0 Å². The predicted molar refractivity (Wildman–Crippen MR) is 52.0 cm³/mol. The fraction of sp³-hybridized carbons (Fsp3) is 0.571. The summed E-state index contributed by atoms with van der Waals surface area (Å²) < 4.78 is 10.7. The summed E-state index contributed by atoms with van der Waals surface area (Å²) in [5, 5.41) is 0.931. The van der Waals surface area contributed by atoms with Gasteiger partial charge in [-0.1, -0.05) is 6.92 Å². The second-order valence-electron chi connectivity index (χ2n) is 2.79. The van der Waals surface area contributed by atoms with Gasteiger partial charge in [-0.3, -0.25) is 4.57 Å². The average molecular weight is 221 g/mol. The Balaban J connectivity index is 2.89. The van der Waals surface area contributed by atoms with Crippen molar-refractivity contribution in [2.24, 2.45) is 0 Å². The molecule has 0 aliphatic heterocycles. The van der Waals surface area contributed by atoms with E-state index in [0.29, 0.717) is 5.69 Å². The van der Waals surface area contributed by atoms with Crippen molar-refractivity contribution >= 4 is 18.9 Å². The second kappa shape index (κ2) is 3.88. The summed E-state index contributed by atoms with van der Waals surface area (Å²) in [7, 11) is -3.97. The van der Waals surface area contributed by atoms with E-state index in [1.807, 2.05) is 13.8 Å². The molecule has 1 heterocycles. The first kappa shape index (κ1) is 10.9. The summed E-state index contributed by atoms with van der Waals surface area (Å²) in [6.07, 6.45) is 0.571. The summed E-state index contributed by atoms with van der Waals surface area (Å²) in [4.78, 5) is 22.5. The zero-order chi connectivity index (χ0) is 10.1.